The molecule has 0 radical (unpaired) electrons. The van der Waals surface area contributed by atoms with Crippen molar-refractivity contribution < 1.29 is 0 Å². The lowest BCUT2D eigenvalue weighted by Crippen LogP contribution is -2.13. The normalized spacial score (nSPS) is 26.1. The van der Waals surface area contributed by atoms with Crippen molar-refractivity contribution in [3.63, 3.8) is 0 Å². The maximum Gasteiger partial charge on any atom is 0.0490 e. The van der Waals surface area contributed by atoms with Crippen LogP contribution in [0.3, 0.4) is 0 Å². The molecule has 2 rings (SSSR count). The number of hydrogen-bond acceptors (Lipinski definition) is 2. The van der Waals surface area contributed by atoms with E-state index in [0.717, 1.165) is 0 Å². The fourth-order valence-corrected chi connectivity index (χ4v) is 1.68. The summed E-state index contributed by atoms with van der Waals surface area (Å²) in [5, 5.41) is 6.97. The molecule has 1 saturated heterocycles. The Morgan fingerprint density at radius 2 is 2.64 bits per heavy atom. The van der Waals surface area contributed by atoms with Gasteiger partial charge in [0.1, 0.15) is 0 Å². The monoisotopic (exact) mass is 151 g/mol. The highest BCUT2D eigenvalue weighted by Crippen LogP contribution is 2.23. The molecule has 0 aliphatic carbocycles. The number of nitrogens with zero attached hydrogens (tertiary/aromatic N) is 2. The number of aromatic amines is 1. The zero-order chi connectivity index (χ0) is 7.68. The lowest BCUT2D eigenvalue weighted by molar-refractivity contribution is 0.410. The van der Waals surface area contributed by atoms with Crippen LogP contribution >= 0.6 is 0 Å². The summed E-state index contributed by atoms with van der Waals surface area (Å²) in [6, 6.07) is 2.07. The molecule has 1 fully saturated rings. The molecule has 1 atom stereocenters. The third-order valence-corrected chi connectivity index (χ3v) is 2.35. The van der Waals surface area contributed by atoms with Gasteiger partial charge < -0.3 is 4.90 Å². The number of aromatic nitrogens is 2. The molecular formula is C8H13N3. The summed E-state index contributed by atoms with van der Waals surface area (Å²) in [7, 11) is 2.16. The summed E-state index contributed by atoms with van der Waals surface area (Å²) in [4.78, 5) is 2.35. The minimum absolute atomic E-state index is 0.683. The van der Waals surface area contributed by atoms with E-state index in [1.165, 1.54) is 25.2 Å². The summed E-state index contributed by atoms with van der Waals surface area (Å²) in [6.07, 6.45) is 3.09. The largest absolute Gasteiger partial charge is 0.306 e. The van der Waals surface area contributed by atoms with Crippen LogP contribution in [0.15, 0.2) is 12.3 Å². The molecule has 1 aromatic heterocycles. The summed E-state index contributed by atoms with van der Waals surface area (Å²) >= 11 is 0. The van der Waals surface area contributed by atoms with Crippen molar-refractivity contribution in [3.05, 3.63) is 18.0 Å². The van der Waals surface area contributed by atoms with E-state index in [2.05, 4.69) is 28.2 Å². The highest BCUT2D eigenvalue weighted by atomic mass is 15.1. The summed E-state index contributed by atoms with van der Waals surface area (Å²) in [6.45, 7) is 2.38. The van der Waals surface area contributed by atoms with Gasteiger partial charge in [-0.15, -0.1) is 0 Å². The van der Waals surface area contributed by atoms with Crippen LogP contribution in [0, 0.1) is 0 Å². The van der Waals surface area contributed by atoms with Gasteiger partial charge in [-0.3, -0.25) is 5.10 Å². The minimum atomic E-state index is 0.683. The van der Waals surface area contributed by atoms with Crippen molar-refractivity contribution in [2.75, 3.05) is 20.1 Å². The standard InChI is InChI=1S/C8H13N3/c1-11-5-3-7(6-11)8-2-4-9-10-8/h2,4,7H,3,5-6H2,1H3,(H,9,10). The Morgan fingerprint density at radius 3 is 3.18 bits per heavy atom. The van der Waals surface area contributed by atoms with Gasteiger partial charge in [0.15, 0.2) is 0 Å². The average Bonchev–Trinajstić information content (AvgIpc) is 2.55. The summed E-state index contributed by atoms with van der Waals surface area (Å²) in [5.41, 5.74) is 1.29. The number of rotatable bonds is 1. The molecule has 1 N–H and O–H groups in total. The zero-order valence-corrected chi connectivity index (χ0v) is 6.75. The van der Waals surface area contributed by atoms with Gasteiger partial charge in [0, 0.05) is 24.4 Å². The van der Waals surface area contributed by atoms with Crippen LogP contribution < -0.4 is 0 Å². The summed E-state index contributed by atoms with van der Waals surface area (Å²) < 4.78 is 0. The Kier molecular flexibility index (Phi) is 1.66. The molecule has 60 valence electrons. The maximum atomic E-state index is 3.95. The van der Waals surface area contributed by atoms with E-state index in [1.807, 2.05) is 6.20 Å². The Balaban J connectivity index is 2.08. The van der Waals surface area contributed by atoms with E-state index < -0.39 is 0 Å². The van der Waals surface area contributed by atoms with Gasteiger partial charge in [-0.2, -0.15) is 5.10 Å². The number of likely N-dealkylation sites (tertiary alicyclic amines) is 1. The van der Waals surface area contributed by atoms with Crippen molar-refractivity contribution in [1.82, 2.24) is 15.1 Å². The molecule has 0 bridgehead atoms. The Labute approximate surface area is 66.4 Å². The van der Waals surface area contributed by atoms with Crippen LogP contribution in [0.4, 0.5) is 0 Å². The molecule has 0 aromatic carbocycles. The lowest BCUT2D eigenvalue weighted by Gasteiger charge is -2.07. The van der Waals surface area contributed by atoms with Crippen molar-refractivity contribution >= 4 is 0 Å². The first-order valence-electron chi connectivity index (χ1n) is 4.04. The highest BCUT2D eigenvalue weighted by Gasteiger charge is 2.21. The quantitative estimate of drug-likeness (QED) is 0.644. The van der Waals surface area contributed by atoms with Gasteiger partial charge >= 0.3 is 0 Å². The molecular weight excluding hydrogens is 138 g/mol. The number of H-pyrrole nitrogens is 1. The topological polar surface area (TPSA) is 31.9 Å². The maximum absolute atomic E-state index is 3.95. The Bertz CT molecular complexity index is 217. The van der Waals surface area contributed by atoms with Crippen LogP contribution in [0.5, 0.6) is 0 Å². The second-order valence-corrected chi connectivity index (χ2v) is 3.26. The fraction of sp³-hybridized carbons (Fsp3) is 0.625. The smallest absolute Gasteiger partial charge is 0.0490 e. The summed E-state index contributed by atoms with van der Waals surface area (Å²) in [5.74, 6) is 0.683. The molecule has 1 aliphatic rings. The number of likely N-dealkylation sites (N-methyl/N-ethyl adjacent to an activating group) is 1. The molecule has 3 heteroatoms. The van der Waals surface area contributed by atoms with Gasteiger partial charge in [0.25, 0.3) is 0 Å². The molecule has 3 nitrogen and oxygen atoms in total. The van der Waals surface area contributed by atoms with Crippen molar-refractivity contribution in [2.45, 2.75) is 12.3 Å². The highest BCUT2D eigenvalue weighted by molar-refractivity contribution is 5.08. The predicted octanol–water partition coefficient (Wildman–Crippen LogP) is 0.829. The SMILES string of the molecule is CN1CCC(c2ccn[nH]2)C1. The van der Waals surface area contributed by atoms with Crippen LogP contribution in [0.25, 0.3) is 0 Å². The molecule has 11 heavy (non-hydrogen) atoms. The van der Waals surface area contributed by atoms with Crippen molar-refractivity contribution in [3.8, 4) is 0 Å². The predicted molar refractivity (Wildman–Crippen MR) is 43.4 cm³/mol. The van der Waals surface area contributed by atoms with Crippen molar-refractivity contribution in [2.24, 2.45) is 0 Å². The van der Waals surface area contributed by atoms with Gasteiger partial charge in [-0.05, 0) is 26.1 Å². The zero-order valence-electron chi connectivity index (χ0n) is 6.75. The molecule has 0 amide bonds. The lowest BCUT2D eigenvalue weighted by atomic mass is 10.1. The Morgan fingerprint density at radius 1 is 1.73 bits per heavy atom. The Hall–Kier alpha value is -0.830. The second kappa shape index (κ2) is 2.66. The molecule has 2 heterocycles. The molecule has 0 spiro atoms. The van der Waals surface area contributed by atoms with Crippen molar-refractivity contribution in [1.29, 1.82) is 0 Å². The third-order valence-electron chi connectivity index (χ3n) is 2.35. The first-order chi connectivity index (χ1) is 5.36. The van der Waals surface area contributed by atoms with Crippen LogP contribution in [0.2, 0.25) is 0 Å². The second-order valence-electron chi connectivity index (χ2n) is 3.26. The van der Waals surface area contributed by atoms with Gasteiger partial charge in [0.2, 0.25) is 0 Å². The van der Waals surface area contributed by atoms with Crippen LogP contribution in [-0.4, -0.2) is 35.2 Å². The fourth-order valence-electron chi connectivity index (χ4n) is 1.68. The van der Waals surface area contributed by atoms with E-state index >= 15 is 0 Å². The van der Waals surface area contributed by atoms with Crippen LogP contribution in [0.1, 0.15) is 18.0 Å². The first kappa shape index (κ1) is 6.85. The number of hydrogen-bond donors (Lipinski definition) is 1. The average molecular weight is 151 g/mol. The molecule has 1 aromatic rings. The molecule has 0 saturated carbocycles. The van der Waals surface area contributed by atoms with Crippen LogP contribution in [-0.2, 0) is 0 Å². The van der Waals surface area contributed by atoms with E-state index in [1.54, 1.807) is 0 Å². The first-order valence-corrected chi connectivity index (χ1v) is 4.04. The van der Waals surface area contributed by atoms with E-state index in [0.29, 0.717) is 5.92 Å². The van der Waals surface area contributed by atoms with E-state index in [-0.39, 0.29) is 0 Å². The minimum Gasteiger partial charge on any atom is -0.306 e. The van der Waals surface area contributed by atoms with Gasteiger partial charge in [-0.1, -0.05) is 0 Å². The molecule has 1 unspecified atom stereocenters. The van der Waals surface area contributed by atoms with E-state index in [4.69, 9.17) is 0 Å². The van der Waals surface area contributed by atoms with Gasteiger partial charge in [-0.25, -0.2) is 0 Å². The van der Waals surface area contributed by atoms with E-state index in [9.17, 15) is 0 Å². The van der Waals surface area contributed by atoms with Gasteiger partial charge in [0.05, 0.1) is 0 Å². The third kappa shape index (κ3) is 1.28. The molecule has 1 aliphatic heterocycles. The number of nitrogens with one attached hydrogen (secondary N) is 1.